The molecule has 4 aromatic rings. The fourth-order valence-electron chi connectivity index (χ4n) is 6.75. The van der Waals surface area contributed by atoms with Crippen molar-refractivity contribution >= 4 is 46.5 Å². The van der Waals surface area contributed by atoms with E-state index in [4.69, 9.17) is 15.6 Å². The average molecular weight is 646 g/mol. The highest BCUT2D eigenvalue weighted by Crippen LogP contribution is 2.66. The summed E-state index contributed by atoms with van der Waals surface area (Å²) in [6.45, 7) is 3.34. The molecule has 1 saturated carbocycles. The van der Waals surface area contributed by atoms with Gasteiger partial charge in [0.1, 0.15) is 6.54 Å². The Balaban J connectivity index is 0.000000499. The lowest BCUT2D eigenvalue weighted by Gasteiger charge is -2.26. The smallest absolute Gasteiger partial charge is 0.475 e. The average Bonchev–Trinajstić information content (AvgIpc) is 3.62. The van der Waals surface area contributed by atoms with E-state index in [0.717, 1.165) is 51.9 Å². The van der Waals surface area contributed by atoms with Crippen molar-refractivity contribution in [2.24, 2.45) is 5.73 Å². The lowest BCUT2D eigenvalue weighted by molar-refractivity contribution is -0.192. The fraction of sp³-hybridized carbons (Fsp3) is 0.314. The molecule has 3 heterocycles. The number of hydrogen-bond donors (Lipinski definition) is 3. The number of carbonyl (C=O) groups is 3. The third-order valence-electron chi connectivity index (χ3n) is 9.11. The van der Waals surface area contributed by atoms with Gasteiger partial charge in [-0.05, 0) is 72.8 Å². The summed E-state index contributed by atoms with van der Waals surface area (Å²) < 4.78 is 31.7. The van der Waals surface area contributed by atoms with Gasteiger partial charge in [-0.1, -0.05) is 67.1 Å². The number of nitrogens with two attached hydrogens (primary N) is 1. The van der Waals surface area contributed by atoms with Crippen LogP contribution in [0.3, 0.4) is 0 Å². The van der Waals surface area contributed by atoms with Gasteiger partial charge >= 0.3 is 12.1 Å². The number of carbonyl (C=O) groups excluding carboxylic acids is 2. The van der Waals surface area contributed by atoms with Gasteiger partial charge in [-0.25, -0.2) is 4.79 Å². The highest BCUT2D eigenvalue weighted by atomic mass is 19.4. The highest BCUT2D eigenvalue weighted by molar-refractivity contribution is 6.13. The number of nitrogens with one attached hydrogen (secondary N) is 1. The summed E-state index contributed by atoms with van der Waals surface area (Å²) in [7, 11) is 0. The maximum atomic E-state index is 13.6. The van der Waals surface area contributed by atoms with Crippen LogP contribution < -0.4 is 10.6 Å². The van der Waals surface area contributed by atoms with Crippen molar-refractivity contribution < 1.29 is 32.7 Å². The summed E-state index contributed by atoms with van der Waals surface area (Å²) in [6, 6.07) is 22.9. The van der Waals surface area contributed by atoms with Crippen molar-refractivity contribution in [2.75, 3.05) is 24.5 Å². The number of para-hydroxylation sites is 1. The number of primary amides is 1. The van der Waals surface area contributed by atoms with Gasteiger partial charge in [-0.3, -0.25) is 19.6 Å². The van der Waals surface area contributed by atoms with Crippen LogP contribution in [0.15, 0.2) is 66.7 Å². The van der Waals surface area contributed by atoms with E-state index < -0.39 is 23.5 Å². The van der Waals surface area contributed by atoms with Gasteiger partial charge in [0.05, 0.1) is 16.6 Å². The van der Waals surface area contributed by atoms with Crippen LogP contribution in [0.1, 0.15) is 59.5 Å². The summed E-state index contributed by atoms with van der Waals surface area (Å²) in [5, 5.41) is 15.9. The number of likely N-dealkylation sites (tertiary alicyclic amines) is 1. The Bertz CT molecular complexity index is 1850. The zero-order valence-corrected chi connectivity index (χ0v) is 25.5. The van der Waals surface area contributed by atoms with Gasteiger partial charge < -0.3 is 15.7 Å². The molecule has 244 valence electrons. The van der Waals surface area contributed by atoms with Crippen molar-refractivity contribution in [3.63, 3.8) is 0 Å². The predicted octanol–water partition coefficient (Wildman–Crippen LogP) is 5.61. The van der Waals surface area contributed by atoms with E-state index in [-0.39, 0.29) is 18.4 Å². The maximum Gasteiger partial charge on any atom is 0.490 e. The van der Waals surface area contributed by atoms with E-state index in [2.05, 4.69) is 69.7 Å². The summed E-state index contributed by atoms with van der Waals surface area (Å²) in [5.41, 5.74) is 12.1. The van der Waals surface area contributed by atoms with E-state index >= 15 is 0 Å². The zero-order chi connectivity index (χ0) is 33.3. The second-order valence-corrected chi connectivity index (χ2v) is 12.2. The molecular weight excluding hydrogens is 611 g/mol. The topological polar surface area (TPSA) is 133 Å². The number of aliphatic carboxylic acids is 1. The Morgan fingerprint density at radius 3 is 2.40 bits per heavy atom. The minimum atomic E-state index is -5.08. The summed E-state index contributed by atoms with van der Waals surface area (Å²) in [4.78, 5) is 38.2. The van der Waals surface area contributed by atoms with Gasteiger partial charge in [0.15, 0.2) is 0 Å². The molecule has 9 nitrogen and oxygen atoms in total. The van der Waals surface area contributed by atoms with Gasteiger partial charge in [-0.15, -0.1) is 0 Å². The number of hydrogen-bond acceptors (Lipinski definition) is 5. The first-order valence-corrected chi connectivity index (χ1v) is 15.4. The molecule has 3 aliphatic rings. The number of alkyl halides is 3. The van der Waals surface area contributed by atoms with E-state index in [1.807, 2.05) is 24.3 Å². The Morgan fingerprint density at radius 1 is 1.02 bits per heavy atom. The van der Waals surface area contributed by atoms with Gasteiger partial charge in [-0.2, -0.15) is 18.3 Å². The number of rotatable bonds is 7. The lowest BCUT2D eigenvalue weighted by atomic mass is 9.92. The Kier molecular flexibility index (Phi) is 8.63. The monoisotopic (exact) mass is 645 g/mol. The third-order valence-corrected chi connectivity index (χ3v) is 9.11. The molecule has 47 heavy (non-hydrogen) atoms. The number of carboxylic acid groups (broad SMARTS) is 1. The number of piperidine rings is 1. The van der Waals surface area contributed by atoms with Crippen molar-refractivity contribution in [2.45, 2.75) is 49.7 Å². The Labute approximate surface area is 268 Å². The van der Waals surface area contributed by atoms with Crippen LogP contribution in [0.4, 0.5) is 18.9 Å². The van der Waals surface area contributed by atoms with Crippen molar-refractivity contribution in [1.29, 1.82) is 0 Å². The first-order chi connectivity index (χ1) is 22.5. The quantitative estimate of drug-likeness (QED) is 0.239. The number of aromatic amines is 1. The number of benzene rings is 3. The molecule has 1 aliphatic carbocycles. The van der Waals surface area contributed by atoms with Crippen LogP contribution in [0.2, 0.25) is 0 Å². The lowest BCUT2D eigenvalue weighted by Crippen LogP contribution is -2.39. The van der Waals surface area contributed by atoms with Gasteiger partial charge in [0.2, 0.25) is 11.8 Å². The normalized spacial score (nSPS) is 20.8. The second kappa shape index (κ2) is 12.7. The fourth-order valence-corrected chi connectivity index (χ4v) is 6.75. The standard InChI is InChI=1S/C33H33N5O2.C2HF3O2/c34-31(39)21-38-30-7-3-2-6-26(30)33(32(38)40)19-27(33)24-13-14-25-28(35-36-29(25)18-24)15-12-22-8-10-23(11-9-22)20-37-16-4-1-5-17-37;3-2(4,5)1(6)7/h2-3,6-15,18,27H,1,4-5,16-17,19-21H2,(H2,34,39)(H,35,36);(H,6,7)/b15-12+;. The number of nitrogens with zero attached hydrogens (tertiary/aromatic N) is 3. The SMILES string of the molecule is NC(=O)CN1C(=O)C2(CC2c2ccc3c(/C=C/c4ccc(CN5CCCCC5)cc4)n[nH]c3c2)c2ccccc21.O=C(O)C(F)(F)F. The minimum absolute atomic E-state index is 0.0345. The molecule has 1 aromatic heterocycles. The van der Waals surface area contributed by atoms with Crippen molar-refractivity contribution in [1.82, 2.24) is 15.1 Å². The number of halogens is 3. The van der Waals surface area contributed by atoms with E-state index in [0.29, 0.717) is 0 Å². The van der Waals surface area contributed by atoms with Crippen molar-refractivity contribution in [3.8, 4) is 0 Å². The van der Waals surface area contributed by atoms with Crippen LogP contribution in [-0.2, 0) is 26.3 Å². The molecule has 0 radical (unpaired) electrons. The predicted molar refractivity (Wildman–Crippen MR) is 171 cm³/mol. The van der Waals surface area contributed by atoms with Crippen molar-refractivity contribution in [3.05, 3.63) is 94.7 Å². The maximum absolute atomic E-state index is 13.6. The van der Waals surface area contributed by atoms with Crippen LogP contribution in [-0.4, -0.2) is 63.8 Å². The molecule has 2 fully saturated rings. The number of amides is 2. The molecular formula is C35H34F3N5O4. The highest BCUT2D eigenvalue weighted by Gasteiger charge is 2.67. The van der Waals surface area contributed by atoms with Crippen LogP contribution in [0.5, 0.6) is 0 Å². The minimum Gasteiger partial charge on any atom is -0.475 e. The molecule has 2 atom stereocenters. The molecule has 1 spiro atoms. The van der Waals surface area contributed by atoms with E-state index in [1.54, 1.807) is 4.90 Å². The second-order valence-electron chi connectivity index (χ2n) is 12.2. The first kappa shape index (κ1) is 32.0. The molecule has 4 N–H and O–H groups in total. The van der Waals surface area contributed by atoms with Crippen LogP contribution in [0.25, 0.3) is 23.1 Å². The van der Waals surface area contributed by atoms with E-state index in [1.165, 1.54) is 37.9 Å². The number of carboxylic acids is 1. The molecule has 7 rings (SSSR count). The number of H-pyrrole nitrogens is 1. The van der Waals surface area contributed by atoms with E-state index in [9.17, 15) is 22.8 Å². The molecule has 0 bridgehead atoms. The molecule has 2 amide bonds. The third kappa shape index (κ3) is 6.50. The van der Waals surface area contributed by atoms with Crippen LogP contribution >= 0.6 is 0 Å². The Morgan fingerprint density at radius 2 is 1.72 bits per heavy atom. The molecule has 12 heteroatoms. The molecule has 3 aromatic carbocycles. The summed E-state index contributed by atoms with van der Waals surface area (Å²) in [6.07, 6.45) is 3.77. The number of aromatic nitrogens is 2. The summed E-state index contributed by atoms with van der Waals surface area (Å²) in [5.74, 6) is -3.25. The van der Waals surface area contributed by atoms with Gasteiger partial charge in [0, 0.05) is 23.5 Å². The number of anilines is 1. The molecule has 2 aliphatic heterocycles. The first-order valence-electron chi connectivity index (χ1n) is 15.4. The summed E-state index contributed by atoms with van der Waals surface area (Å²) >= 11 is 0. The molecule has 2 unspecified atom stereocenters. The van der Waals surface area contributed by atoms with Crippen LogP contribution in [0, 0.1) is 0 Å². The largest absolute Gasteiger partial charge is 0.490 e. The van der Waals surface area contributed by atoms with Gasteiger partial charge in [0.25, 0.3) is 0 Å². The Hall–Kier alpha value is -4.97. The zero-order valence-electron chi connectivity index (χ0n) is 25.5. The number of fused-ring (bicyclic) bond motifs is 3. The molecule has 1 saturated heterocycles.